The third-order valence-corrected chi connectivity index (χ3v) is 5.33. The Bertz CT molecular complexity index is 621. The van der Waals surface area contributed by atoms with Gasteiger partial charge in [-0.15, -0.1) is 0 Å². The van der Waals surface area contributed by atoms with E-state index < -0.39 is 0 Å². The lowest BCUT2D eigenvalue weighted by Crippen LogP contribution is -2.42. The van der Waals surface area contributed by atoms with Crippen molar-refractivity contribution in [2.24, 2.45) is 5.92 Å². The van der Waals surface area contributed by atoms with Gasteiger partial charge in [-0.2, -0.15) is 0 Å². The molecule has 1 fully saturated rings. The third-order valence-electron chi connectivity index (χ3n) is 5.33. The van der Waals surface area contributed by atoms with Crippen LogP contribution in [0, 0.1) is 5.92 Å². The molecule has 0 saturated carbocycles. The summed E-state index contributed by atoms with van der Waals surface area (Å²) in [5, 5.41) is 3.25. The summed E-state index contributed by atoms with van der Waals surface area (Å²) in [6, 6.07) is 5.83. The first kappa shape index (κ1) is 18.1. The quantitative estimate of drug-likeness (QED) is 0.910. The molecule has 0 bridgehead atoms. The summed E-state index contributed by atoms with van der Waals surface area (Å²) in [7, 11) is 3.79. The minimum Gasteiger partial charge on any atom is -0.497 e. The molecule has 2 aliphatic heterocycles. The van der Waals surface area contributed by atoms with Gasteiger partial charge in [-0.1, -0.05) is 0 Å². The van der Waals surface area contributed by atoms with Crippen molar-refractivity contribution in [1.82, 2.24) is 10.2 Å². The van der Waals surface area contributed by atoms with Gasteiger partial charge < -0.3 is 19.7 Å². The Kier molecular flexibility index (Phi) is 5.23. The number of rotatable bonds is 4. The second kappa shape index (κ2) is 7.24. The number of nitrogens with one attached hydrogen (secondary N) is 1. The van der Waals surface area contributed by atoms with Gasteiger partial charge in [0, 0.05) is 24.5 Å². The zero-order valence-corrected chi connectivity index (χ0v) is 15.8. The highest BCUT2D eigenvalue weighted by molar-refractivity contribution is 5.77. The van der Waals surface area contributed by atoms with Gasteiger partial charge in [0.15, 0.2) is 0 Å². The minimum atomic E-state index is -0.315. The van der Waals surface area contributed by atoms with Gasteiger partial charge in [-0.05, 0) is 64.9 Å². The molecule has 1 aromatic rings. The Morgan fingerprint density at radius 1 is 1.36 bits per heavy atom. The van der Waals surface area contributed by atoms with E-state index in [-0.39, 0.29) is 17.6 Å². The number of hydrogen-bond acceptors (Lipinski definition) is 4. The minimum absolute atomic E-state index is 0.0107. The molecule has 1 atom stereocenters. The SMILES string of the molecule is COc1ccc2c(c1)OC(C)(C)C[C@H]2NC(=O)CC1CCN(C)CC1. The van der Waals surface area contributed by atoms with Crippen molar-refractivity contribution >= 4 is 5.91 Å². The number of carbonyl (C=O) groups excluding carboxylic acids is 1. The molecule has 1 amide bonds. The molecule has 5 nitrogen and oxygen atoms in total. The summed E-state index contributed by atoms with van der Waals surface area (Å²) >= 11 is 0. The number of ether oxygens (including phenoxy) is 2. The summed E-state index contributed by atoms with van der Waals surface area (Å²) < 4.78 is 11.4. The molecule has 0 aromatic heterocycles. The van der Waals surface area contributed by atoms with Crippen LogP contribution in [0.25, 0.3) is 0 Å². The fourth-order valence-electron chi connectivity index (χ4n) is 3.87. The number of piperidine rings is 1. The smallest absolute Gasteiger partial charge is 0.220 e. The van der Waals surface area contributed by atoms with Crippen molar-refractivity contribution in [2.75, 3.05) is 27.2 Å². The number of fused-ring (bicyclic) bond motifs is 1. The maximum absolute atomic E-state index is 12.6. The lowest BCUT2D eigenvalue weighted by atomic mass is 9.88. The fraction of sp³-hybridized carbons (Fsp3) is 0.650. The first-order chi connectivity index (χ1) is 11.9. The van der Waals surface area contributed by atoms with Crippen molar-refractivity contribution < 1.29 is 14.3 Å². The average Bonchev–Trinajstić information content (AvgIpc) is 2.55. The number of nitrogens with zero attached hydrogens (tertiary/aromatic N) is 1. The number of amides is 1. The molecule has 1 saturated heterocycles. The van der Waals surface area contributed by atoms with Crippen LogP contribution in [0.4, 0.5) is 0 Å². The van der Waals surface area contributed by atoms with Gasteiger partial charge in [-0.25, -0.2) is 0 Å². The van der Waals surface area contributed by atoms with Crippen molar-refractivity contribution in [3.63, 3.8) is 0 Å². The predicted octanol–water partition coefficient (Wildman–Crippen LogP) is 3.15. The summed E-state index contributed by atoms with van der Waals surface area (Å²) in [6.45, 7) is 6.30. The molecule has 0 unspecified atom stereocenters. The highest BCUT2D eigenvalue weighted by atomic mass is 16.5. The van der Waals surface area contributed by atoms with Crippen LogP contribution in [-0.2, 0) is 4.79 Å². The first-order valence-corrected chi connectivity index (χ1v) is 9.21. The maximum Gasteiger partial charge on any atom is 0.220 e. The molecule has 2 heterocycles. The van der Waals surface area contributed by atoms with Crippen molar-refractivity contribution in [1.29, 1.82) is 0 Å². The lowest BCUT2D eigenvalue weighted by molar-refractivity contribution is -0.123. The highest BCUT2D eigenvalue weighted by Gasteiger charge is 2.35. The molecule has 25 heavy (non-hydrogen) atoms. The van der Waals surface area contributed by atoms with Crippen molar-refractivity contribution in [3.8, 4) is 11.5 Å². The molecule has 0 spiro atoms. The maximum atomic E-state index is 12.6. The van der Waals surface area contributed by atoms with E-state index in [9.17, 15) is 4.79 Å². The van der Waals surface area contributed by atoms with E-state index in [0.29, 0.717) is 12.3 Å². The Hall–Kier alpha value is -1.75. The van der Waals surface area contributed by atoms with Gasteiger partial charge in [-0.3, -0.25) is 4.79 Å². The van der Waals surface area contributed by atoms with E-state index in [2.05, 4.69) is 31.1 Å². The third kappa shape index (κ3) is 4.46. The van der Waals surface area contributed by atoms with Gasteiger partial charge in [0.2, 0.25) is 5.91 Å². The molecular weight excluding hydrogens is 316 g/mol. The van der Waals surface area contributed by atoms with E-state index in [1.807, 2.05) is 18.2 Å². The van der Waals surface area contributed by atoms with Gasteiger partial charge in [0.25, 0.3) is 0 Å². The van der Waals surface area contributed by atoms with E-state index >= 15 is 0 Å². The normalized spacial score (nSPS) is 23.4. The number of hydrogen-bond donors (Lipinski definition) is 1. The van der Waals surface area contributed by atoms with Gasteiger partial charge in [0.05, 0.1) is 13.2 Å². The molecule has 2 aliphatic rings. The monoisotopic (exact) mass is 346 g/mol. The van der Waals surface area contributed by atoms with Crippen LogP contribution >= 0.6 is 0 Å². The average molecular weight is 346 g/mol. The van der Waals surface area contributed by atoms with E-state index in [0.717, 1.165) is 49.4 Å². The summed E-state index contributed by atoms with van der Waals surface area (Å²) in [5.74, 6) is 2.23. The molecule has 1 N–H and O–H groups in total. The Labute approximate surface area is 150 Å². The number of carbonyl (C=O) groups is 1. The lowest BCUT2D eigenvalue weighted by Gasteiger charge is -2.38. The number of likely N-dealkylation sites (tertiary alicyclic amines) is 1. The predicted molar refractivity (Wildman–Crippen MR) is 98.0 cm³/mol. The molecule has 138 valence electrons. The van der Waals surface area contributed by atoms with Crippen molar-refractivity contribution in [2.45, 2.75) is 51.2 Å². The zero-order chi connectivity index (χ0) is 18.0. The summed E-state index contributed by atoms with van der Waals surface area (Å²) in [4.78, 5) is 14.9. The Balaban J connectivity index is 1.68. The zero-order valence-electron chi connectivity index (χ0n) is 15.8. The number of benzene rings is 1. The second-order valence-electron chi connectivity index (χ2n) is 8.04. The number of methoxy groups -OCH3 is 1. The van der Waals surface area contributed by atoms with E-state index in [1.165, 1.54) is 0 Å². The van der Waals surface area contributed by atoms with Crippen LogP contribution in [0.5, 0.6) is 11.5 Å². The van der Waals surface area contributed by atoms with Gasteiger partial charge in [0.1, 0.15) is 17.1 Å². The summed E-state index contributed by atoms with van der Waals surface area (Å²) in [6.07, 6.45) is 3.61. The van der Waals surface area contributed by atoms with Crippen LogP contribution in [0.2, 0.25) is 0 Å². The molecule has 0 radical (unpaired) electrons. The molecule has 5 heteroatoms. The van der Waals surface area contributed by atoms with E-state index in [1.54, 1.807) is 7.11 Å². The van der Waals surface area contributed by atoms with E-state index in [4.69, 9.17) is 9.47 Å². The Morgan fingerprint density at radius 2 is 2.08 bits per heavy atom. The molecule has 3 rings (SSSR count). The topological polar surface area (TPSA) is 50.8 Å². The molecule has 0 aliphatic carbocycles. The van der Waals surface area contributed by atoms with Crippen LogP contribution in [0.1, 0.15) is 51.1 Å². The van der Waals surface area contributed by atoms with Gasteiger partial charge >= 0.3 is 0 Å². The Morgan fingerprint density at radius 3 is 2.76 bits per heavy atom. The van der Waals surface area contributed by atoms with Crippen LogP contribution in [0.3, 0.4) is 0 Å². The second-order valence-corrected chi connectivity index (χ2v) is 8.04. The largest absolute Gasteiger partial charge is 0.497 e. The fourth-order valence-corrected chi connectivity index (χ4v) is 3.87. The van der Waals surface area contributed by atoms with Crippen LogP contribution in [-0.4, -0.2) is 43.7 Å². The first-order valence-electron chi connectivity index (χ1n) is 9.21. The van der Waals surface area contributed by atoms with Crippen LogP contribution < -0.4 is 14.8 Å². The molecular formula is C20H30N2O3. The summed E-state index contributed by atoms with van der Waals surface area (Å²) in [5.41, 5.74) is 0.724. The standard InChI is InChI=1S/C20H30N2O3/c1-20(2)13-17(16-6-5-15(24-4)12-18(16)25-20)21-19(23)11-14-7-9-22(3)10-8-14/h5-6,12,14,17H,7-11,13H2,1-4H3,(H,21,23)/t17-/m1/s1. The molecule has 1 aromatic carbocycles. The van der Waals surface area contributed by atoms with Crippen LogP contribution in [0.15, 0.2) is 18.2 Å². The van der Waals surface area contributed by atoms with Crippen molar-refractivity contribution in [3.05, 3.63) is 23.8 Å². The highest BCUT2D eigenvalue weighted by Crippen LogP contribution is 2.41.